The Morgan fingerprint density at radius 2 is 0.949 bits per heavy atom. The number of aromatic nitrogens is 2. The molecular weight excluding hydrogens is 580 g/mol. The van der Waals surface area contributed by atoms with Crippen LogP contribution in [0.1, 0.15) is 11.1 Å². The monoisotopic (exact) mass is 601 g/mol. The van der Waals surface area contributed by atoms with Gasteiger partial charge in [-0.05, 0) is 48.5 Å². The van der Waals surface area contributed by atoms with E-state index in [0.717, 1.165) is 30.7 Å². The van der Waals surface area contributed by atoms with Gasteiger partial charge in [-0.25, -0.2) is 9.97 Å². The van der Waals surface area contributed by atoms with Crippen LogP contribution in [0.3, 0.4) is 0 Å². The van der Waals surface area contributed by atoms with Crippen LogP contribution in [-0.2, 0) is 17.1 Å². The van der Waals surface area contributed by atoms with Gasteiger partial charge in [-0.3, -0.25) is 10.9 Å². The van der Waals surface area contributed by atoms with Crippen molar-refractivity contribution >= 4 is 65.8 Å². The second kappa shape index (κ2) is 13.5. The number of benzene rings is 4. The predicted molar refractivity (Wildman–Crippen MR) is 158 cm³/mol. The number of aromatic hydroxyl groups is 2. The molecule has 1 radical (unpaired) electrons. The van der Waals surface area contributed by atoms with Crippen LogP contribution in [-0.4, -0.2) is 32.6 Å². The van der Waals surface area contributed by atoms with Gasteiger partial charge in [0.05, 0.1) is 32.9 Å². The van der Waals surface area contributed by atoms with Crippen LogP contribution >= 0.6 is 22.7 Å². The number of anilines is 2. The largest absolute Gasteiger partial charge is 0.507 e. The van der Waals surface area contributed by atoms with E-state index in [2.05, 4.69) is 31.0 Å². The van der Waals surface area contributed by atoms with Crippen LogP contribution in [0.25, 0.3) is 20.4 Å². The summed E-state index contributed by atoms with van der Waals surface area (Å²) in [5.41, 5.74) is 8.98. The predicted octanol–water partition coefficient (Wildman–Crippen LogP) is 6.89. The summed E-state index contributed by atoms with van der Waals surface area (Å²) < 4.78 is 2.23. The van der Waals surface area contributed by atoms with Gasteiger partial charge < -0.3 is 10.2 Å². The third kappa shape index (κ3) is 7.40. The van der Waals surface area contributed by atoms with Crippen molar-refractivity contribution in [2.75, 3.05) is 10.9 Å². The van der Waals surface area contributed by atoms with Crippen molar-refractivity contribution in [2.45, 2.75) is 0 Å². The van der Waals surface area contributed by atoms with E-state index in [1.807, 2.05) is 60.7 Å². The molecule has 0 saturated carbocycles. The Balaban J connectivity index is 0.000000176. The molecule has 11 heteroatoms. The minimum Gasteiger partial charge on any atom is -0.507 e. The molecule has 4 N–H and O–H groups in total. The third-order valence-corrected chi connectivity index (χ3v) is 7.07. The fraction of sp³-hybridized carbons (Fsp3) is 0. The number of hydrogen-bond acceptors (Lipinski definition) is 10. The van der Waals surface area contributed by atoms with Crippen LogP contribution < -0.4 is 10.9 Å². The molecule has 6 aromatic rings. The number of thiazole rings is 2. The Hall–Kier alpha value is -4.28. The van der Waals surface area contributed by atoms with Crippen LogP contribution in [0.2, 0.25) is 0 Å². The second-order valence-corrected chi connectivity index (χ2v) is 9.89. The zero-order valence-electron chi connectivity index (χ0n) is 20.2. The van der Waals surface area contributed by atoms with E-state index in [9.17, 15) is 10.2 Å². The van der Waals surface area contributed by atoms with E-state index in [1.165, 1.54) is 22.7 Å². The van der Waals surface area contributed by atoms with Gasteiger partial charge in [-0.15, -0.1) is 0 Å². The molecule has 0 atom stereocenters. The van der Waals surface area contributed by atoms with Crippen LogP contribution in [0.5, 0.6) is 11.5 Å². The van der Waals surface area contributed by atoms with E-state index in [1.54, 1.807) is 48.8 Å². The van der Waals surface area contributed by atoms with Crippen LogP contribution in [0.15, 0.2) is 107 Å². The minimum absolute atomic E-state index is 0. The molecular formula is C28H22CuN6O2S2. The van der Waals surface area contributed by atoms with Gasteiger partial charge in [0.2, 0.25) is 10.3 Å². The maximum atomic E-state index is 9.59. The number of nitrogens with one attached hydrogen (secondary N) is 2. The number of hydrogen-bond donors (Lipinski definition) is 4. The van der Waals surface area contributed by atoms with Gasteiger partial charge in [-0.2, -0.15) is 10.2 Å². The van der Waals surface area contributed by atoms with Gasteiger partial charge in [-0.1, -0.05) is 71.2 Å². The first-order valence-corrected chi connectivity index (χ1v) is 13.1. The fourth-order valence-electron chi connectivity index (χ4n) is 3.35. The Kier molecular flexibility index (Phi) is 9.60. The summed E-state index contributed by atoms with van der Waals surface area (Å²) in [5, 5.41) is 28.8. The van der Waals surface area contributed by atoms with Crippen molar-refractivity contribution in [1.29, 1.82) is 0 Å². The van der Waals surface area contributed by atoms with E-state index in [-0.39, 0.29) is 28.6 Å². The van der Waals surface area contributed by atoms with E-state index < -0.39 is 0 Å². The number of para-hydroxylation sites is 4. The molecule has 0 spiro atoms. The molecule has 0 unspecified atom stereocenters. The summed E-state index contributed by atoms with van der Waals surface area (Å²) in [6, 6.07) is 29.9. The normalized spacial score (nSPS) is 10.9. The molecule has 8 nitrogen and oxygen atoms in total. The van der Waals surface area contributed by atoms with Crippen molar-refractivity contribution in [2.24, 2.45) is 10.2 Å². The number of nitrogens with zero attached hydrogens (tertiary/aromatic N) is 4. The van der Waals surface area contributed by atoms with Crippen molar-refractivity contribution in [3.63, 3.8) is 0 Å². The zero-order valence-corrected chi connectivity index (χ0v) is 22.8. The average Bonchev–Trinajstić information content (AvgIpc) is 3.55. The quantitative estimate of drug-likeness (QED) is 0.0938. The van der Waals surface area contributed by atoms with Crippen LogP contribution in [0.4, 0.5) is 10.3 Å². The molecule has 39 heavy (non-hydrogen) atoms. The van der Waals surface area contributed by atoms with Gasteiger partial charge in [0.1, 0.15) is 11.5 Å². The first kappa shape index (κ1) is 27.7. The summed E-state index contributed by atoms with van der Waals surface area (Å²) in [6.07, 6.45) is 3.14. The molecule has 0 aliphatic carbocycles. The minimum atomic E-state index is 0. The molecule has 4 aromatic carbocycles. The molecule has 2 heterocycles. The molecule has 2 aromatic heterocycles. The first-order chi connectivity index (χ1) is 18.7. The van der Waals surface area contributed by atoms with Gasteiger partial charge in [0, 0.05) is 28.2 Å². The first-order valence-electron chi connectivity index (χ1n) is 11.5. The van der Waals surface area contributed by atoms with Crippen LogP contribution in [0, 0.1) is 0 Å². The van der Waals surface area contributed by atoms with E-state index in [4.69, 9.17) is 0 Å². The maximum absolute atomic E-state index is 9.59. The van der Waals surface area contributed by atoms with Crippen molar-refractivity contribution < 1.29 is 27.3 Å². The Labute approximate surface area is 242 Å². The number of hydrazone groups is 2. The Morgan fingerprint density at radius 1 is 0.564 bits per heavy atom. The molecule has 199 valence electrons. The maximum Gasteiger partial charge on any atom is 0.204 e. The van der Waals surface area contributed by atoms with Gasteiger partial charge in [0.25, 0.3) is 0 Å². The second-order valence-electron chi connectivity index (χ2n) is 7.83. The van der Waals surface area contributed by atoms with E-state index in [0.29, 0.717) is 11.1 Å². The number of phenols is 2. The summed E-state index contributed by atoms with van der Waals surface area (Å²) in [7, 11) is 0. The average molecular weight is 602 g/mol. The fourth-order valence-corrected chi connectivity index (χ4v) is 4.98. The SMILES string of the molecule is Oc1ccccc1/C=N/Nc1nc2ccccc2s1.Oc1ccccc1/C=N/Nc1nc2ccccc2s1.[Cu]. The smallest absolute Gasteiger partial charge is 0.204 e. The van der Waals surface area contributed by atoms with Crippen molar-refractivity contribution in [1.82, 2.24) is 9.97 Å². The zero-order chi connectivity index (χ0) is 26.2. The standard InChI is InChI=1S/2C14H11N3OS.Cu/c2*18-12-7-3-1-5-10(12)9-15-17-14-16-11-6-2-4-8-13(11)19-14;/h2*1-9,18H,(H,16,17);/b2*15-9+;. The summed E-state index contributed by atoms with van der Waals surface area (Å²) in [6.45, 7) is 0. The molecule has 0 fully saturated rings. The summed E-state index contributed by atoms with van der Waals surface area (Å²) in [4.78, 5) is 8.79. The van der Waals surface area contributed by atoms with Gasteiger partial charge in [0.15, 0.2) is 0 Å². The van der Waals surface area contributed by atoms with Gasteiger partial charge >= 0.3 is 0 Å². The van der Waals surface area contributed by atoms with E-state index >= 15 is 0 Å². The molecule has 0 saturated heterocycles. The summed E-state index contributed by atoms with van der Waals surface area (Å²) in [5.74, 6) is 0.412. The van der Waals surface area contributed by atoms with Crippen molar-refractivity contribution in [3.8, 4) is 11.5 Å². The third-order valence-electron chi connectivity index (χ3n) is 5.19. The Morgan fingerprint density at radius 3 is 1.36 bits per heavy atom. The number of rotatable bonds is 6. The number of fused-ring (bicyclic) bond motifs is 2. The molecule has 0 amide bonds. The molecule has 0 aliphatic rings. The Bertz CT molecular complexity index is 1540. The van der Waals surface area contributed by atoms with Crippen molar-refractivity contribution in [3.05, 3.63) is 108 Å². The summed E-state index contributed by atoms with van der Waals surface area (Å²) >= 11 is 3.08. The number of phenolic OH excluding ortho intramolecular Hbond substituents is 2. The molecule has 0 bridgehead atoms. The molecule has 0 aliphatic heterocycles. The topological polar surface area (TPSA) is 115 Å². The molecule has 6 rings (SSSR count).